The van der Waals surface area contributed by atoms with Gasteiger partial charge in [0.25, 0.3) is 0 Å². The second kappa shape index (κ2) is 6.58. The third-order valence-electron chi connectivity index (χ3n) is 3.81. The number of alkyl halides is 2. The van der Waals surface area contributed by atoms with E-state index >= 15 is 0 Å². The fourth-order valence-corrected chi connectivity index (χ4v) is 2.65. The Bertz CT molecular complexity index is 833. The maximum atomic E-state index is 5.91. The SMILES string of the molecule is CC(C)(C)c1ccc(-c2nnc(-c3cccc(C(Cl)Cl)c3)o2)cc1. The highest BCUT2D eigenvalue weighted by Gasteiger charge is 2.15. The first-order valence-corrected chi connectivity index (χ1v) is 8.55. The van der Waals surface area contributed by atoms with Crippen molar-refractivity contribution in [3.63, 3.8) is 0 Å². The van der Waals surface area contributed by atoms with E-state index in [-0.39, 0.29) is 5.41 Å². The van der Waals surface area contributed by atoms with E-state index in [4.69, 9.17) is 27.6 Å². The fourth-order valence-electron chi connectivity index (χ4n) is 2.38. The van der Waals surface area contributed by atoms with E-state index in [1.165, 1.54) is 5.56 Å². The van der Waals surface area contributed by atoms with E-state index in [9.17, 15) is 0 Å². The Morgan fingerprint density at radius 3 is 2.08 bits per heavy atom. The molecule has 0 saturated carbocycles. The van der Waals surface area contributed by atoms with Gasteiger partial charge in [-0.25, -0.2) is 0 Å². The lowest BCUT2D eigenvalue weighted by Gasteiger charge is -2.18. The monoisotopic (exact) mass is 360 g/mol. The van der Waals surface area contributed by atoms with Crippen LogP contribution in [0.15, 0.2) is 52.9 Å². The van der Waals surface area contributed by atoms with Crippen molar-refractivity contribution < 1.29 is 4.42 Å². The van der Waals surface area contributed by atoms with Crippen molar-refractivity contribution in [3.05, 3.63) is 59.7 Å². The Labute approximate surface area is 151 Å². The van der Waals surface area contributed by atoms with E-state index in [1.54, 1.807) is 0 Å². The molecule has 1 heterocycles. The normalized spacial score (nSPS) is 11.9. The highest BCUT2D eigenvalue weighted by atomic mass is 35.5. The molecule has 0 atom stereocenters. The summed E-state index contributed by atoms with van der Waals surface area (Å²) in [6, 6.07) is 15.6. The van der Waals surface area contributed by atoms with Crippen LogP contribution in [0.1, 0.15) is 36.7 Å². The van der Waals surface area contributed by atoms with Crippen molar-refractivity contribution in [2.75, 3.05) is 0 Å². The molecule has 3 nitrogen and oxygen atoms in total. The van der Waals surface area contributed by atoms with Gasteiger partial charge in [-0.05, 0) is 40.8 Å². The van der Waals surface area contributed by atoms with Crippen LogP contribution >= 0.6 is 23.2 Å². The first-order valence-electron chi connectivity index (χ1n) is 7.67. The van der Waals surface area contributed by atoms with Gasteiger partial charge < -0.3 is 4.42 Å². The molecule has 2 aromatic carbocycles. The maximum Gasteiger partial charge on any atom is 0.248 e. The second-order valence-corrected chi connectivity index (χ2v) is 7.76. The molecule has 0 spiro atoms. The second-order valence-electron chi connectivity index (χ2n) is 6.67. The smallest absolute Gasteiger partial charge is 0.248 e. The molecule has 24 heavy (non-hydrogen) atoms. The lowest BCUT2D eigenvalue weighted by Crippen LogP contribution is -2.10. The molecule has 3 rings (SSSR count). The molecule has 0 N–H and O–H groups in total. The number of hydrogen-bond donors (Lipinski definition) is 0. The summed E-state index contributed by atoms with van der Waals surface area (Å²) in [7, 11) is 0. The summed E-state index contributed by atoms with van der Waals surface area (Å²) in [6.07, 6.45) is 0. The number of benzene rings is 2. The molecule has 0 fully saturated rings. The summed E-state index contributed by atoms with van der Waals surface area (Å²) in [6.45, 7) is 6.54. The first-order chi connectivity index (χ1) is 11.3. The van der Waals surface area contributed by atoms with Gasteiger partial charge in [-0.15, -0.1) is 33.4 Å². The molecule has 0 unspecified atom stereocenters. The summed E-state index contributed by atoms with van der Waals surface area (Å²) in [5, 5.41) is 8.28. The summed E-state index contributed by atoms with van der Waals surface area (Å²) >= 11 is 11.8. The number of hydrogen-bond acceptors (Lipinski definition) is 3. The molecular formula is C19H18Cl2N2O. The number of halogens is 2. The Hall–Kier alpha value is -1.84. The molecule has 0 amide bonds. The third-order valence-corrected chi connectivity index (χ3v) is 4.31. The molecule has 5 heteroatoms. The van der Waals surface area contributed by atoms with Gasteiger partial charge in [0.15, 0.2) is 0 Å². The van der Waals surface area contributed by atoms with Crippen molar-refractivity contribution >= 4 is 23.2 Å². The Balaban J connectivity index is 1.89. The summed E-state index contributed by atoms with van der Waals surface area (Å²) in [4.78, 5) is -0.586. The van der Waals surface area contributed by atoms with Crippen LogP contribution in [0.4, 0.5) is 0 Å². The minimum atomic E-state index is -0.586. The van der Waals surface area contributed by atoms with Crippen LogP contribution in [0.2, 0.25) is 0 Å². The Kier molecular flexibility index (Phi) is 4.66. The molecule has 0 aliphatic rings. The quantitative estimate of drug-likeness (QED) is 0.523. The van der Waals surface area contributed by atoms with Crippen LogP contribution in [0, 0.1) is 0 Å². The number of aromatic nitrogens is 2. The van der Waals surface area contributed by atoms with Gasteiger partial charge >= 0.3 is 0 Å². The van der Waals surface area contributed by atoms with E-state index in [1.807, 2.05) is 36.4 Å². The van der Waals surface area contributed by atoms with E-state index in [0.717, 1.165) is 16.7 Å². The molecule has 0 aliphatic carbocycles. The van der Waals surface area contributed by atoms with Crippen LogP contribution in [-0.2, 0) is 5.41 Å². The number of rotatable bonds is 3. The third kappa shape index (κ3) is 3.63. The van der Waals surface area contributed by atoms with Crippen molar-refractivity contribution in [2.45, 2.75) is 31.0 Å². The average Bonchev–Trinajstić information content (AvgIpc) is 3.04. The van der Waals surface area contributed by atoms with Gasteiger partial charge in [0.1, 0.15) is 4.84 Å². The molecule has 1 aromatic heterocycles. The van der Waals surface area contributed by atoms with Crippen LogP contribution in [0.3, 0.4) is 0 Å². The zero-order chi connectivity index (χ0) is 17.3. The molecule has 3 aromatic rings. The summed E-state index contributed by atoms with van der Waals surface area (Å²) in [5.41, 5.74) is 3.85. The lowest BCUT2D eigenvalue weighted by atomic mass is 9.87. The highest BCUT2D eigenvalue weighted by molar-refractivity contribution is 6.44. The van der Waals surface area contributed by atoms with Crippen molar-refractivity contribution in [1.29, 1.82) is 0 Å². The standard InChI is InChI=1S/C19H18Cl2N2O/c1-19(2,3)15-9-7-12(8-10-15)17-22-23-18(24-17)14-6-4-5-13(11-14)16(20)21/h4-11,16H,1-3H3. The summed E-state index contributed by atoms with van der Waals surface area (Å²) in [5.74, 6) is 0.935. The molecular weight excluding hydrogens is 343 g/mol. The van der Waals surface area contributed by atoms with Crippen LogP contribution in [0.25, 0.3) is 22.9 Å². The van der Waals surface area contributed by atoms with Crippen molar-refractivity contribution in [1.82, 2.24) is 10.2 Å². The fraction of sp³-hybridized carbons (Fsp3) is 0.263. The van der Waals surface area contributed by atoms with Gasteiger partial charge in [0.2, 0.25) is 11.8 Å². The first kappa shape index (κ1) is 17.0. The van der Waals surface area contributed by atoms with Gasteiger partial charge in [-0.1, -0.05) is 45.0 Å². The van der Waals surface area contributed by atoms with Gasteiger partial charge in [-0.2, -0.15) is 0 Å². The summed E-state index contributed by atoms with van der Waals surface area (Å²) < 4.78 is 5.81. The van der Waals surface area contributed by atoms with Crippen molar-refractivity contribution in [3.8, 4) is 22.9 Å². The van der Waals surface area contributed by atoms with Gasteiger partial charge in [0.05, 0.1) is 0 Å². The zero-order valence-corrected chi connectivity index (χ0v) is 15.3. The van der Waals surface area contributed by atoms with Gasteiger partial charge in [-0.3, -0.25) is 0 Å². The van der Waals surface area contributed by atoms with Crippen molar-refractivity contribution in [2.24, 2.45) is 0 Å². The predicted molar refractivity (Wildman–Crippen MR) is 98.3 cm³/mol. The van der Waals surface area contributed by atoms with Crippen LogP contribution in [-0.4, -0.2) is 10.2 Å². The van der Waals surface area contributed by atoms with Crippen LogP contribution < -0.4 is 0 Å². The highest BCUT2D eigenvalue weighted by Crippen LogP contribution is 2.30. The number of nitrogens with zero attached hydrogens (tertiary/aromatic N) is 2. The molecule has 0 aliphatic heterocycles. The maximum absolute atomic E-state index is 5.91. The molecule has 124 valence electrons. The van der Waals surface area contributed by atoms with E-state index in [0.29, 0.717) is 11.8 Å². The van der Waals surface area contributed by atoms with E-state index in [2.05, 4.69) is 43.1 Å². The Morgan fingerprint density at radius 1 is 0.875 bits per heavy atom. The predicted octanol–water partition coefficient (Wildman–Crippen LogP) is 6.18. The van der Waals surface area contributed by atoms with Gasteiger partial charge in [0, 0.05) is 11.1 Å². The lowest BCUT2D eigenvalue weighted by molar-refractivity contribution is 0.582. The minimum absolute atomic E-state index is 0.110. The largest absolute Gasteiger partial charge is 0.416 e. The molecule has 0 radical (unpaired) electrons. The average molecular weight is 361 g/mol. The van der Waals surface area contributed by atoms with Crippen LogP contribution in [0.5, 0.6) is 0 Å². The van der Waals surface area contributed by atoms with E-state index < -0.39 is 4.84 Å². The minimum Gasteiger partial charge on any atom is -0.416 e. The molecule has 0 saturated heterocycles. The Morgan fingerprint density at radius 2 is 1.50 bits per heavy atom. The topological polar surface area (TPSA) is 38.9 Å². The zero-order valence-electron chi connectivity index (χ0n) is 13.8. The molecule has 0 bridgehead atoms.